The van der Waals surface area contributed by atoms with E-state index in [9.17, 15) is 4.79 Å². The summed E-state index contributed by atoms with van der Waals surface area (Å²) in [6.07, 6.45) is 3.42. The summed E-state index contributed by atoms with van der Waals surface area (Å²) in [5.41, 5.74) is 5.34. The van der Waals surface area contributed by atoms with Crippen molar-refractivity contribution in [3.05, 3.63) is 53.3 Å². The first-order chi connectivity index (χ1) is 8.24. The summed E-state index contributed by atoms with van der Waals surface area (Å²) >= 11 is 0. The number of hydrogen-bond acceptors (Lipinski definition) is 2. The number of nitrogens with zero attached hydrogens (tertiary/aromatic N) is 1. The van der Waals surface area contributed by atoms with E-state index in [2.05, 4.69) is 17.1 Å². The molecule has 0 radical (unpaired) electrons. The molecule has 0 bridgehead atoms. The molecule has 84 valence electrons. The third-order valence-electron chi connectivity index (χ3n) is 3.27. The van der Waals surface area contributed by atoms with Crippen molar-refractivity contribution in [1.82, 2.24) is 4.98 Å². The number of Topliss-reactive ketones (excluding diaryl/α,β-unsaturated/α-hetero) is 1. The number of fused-ring (bicyclic) bond motifs is 1. The van der Waals surface area contributed by atoms with Crippen LogP contribution < -0.4 is 0 Å². The smallest absolute Gasteiger partial charge is 0.163 e. The Balaban J connectivity index is 2.05. The lowest BCUT2D eigenvalue weighted by atomic mass is 10.0. The van der Waals surface area contributed by atoms with Gasteiger partial charge in [-0.1, -0.05) is 24.3 Å². The number of aromatic nitrogens is 1. The van der Waals surface area contributed by atoms with Crippen LogP contribution in [-0.2, 0) is 6.42 Å². The highest BCUT2D eigenvalue weighted by Gasteiger charge is 2.19. The number of rotatable bonds is 1. The highest BCUT2D eigenvalue weighted by Crippen LogP contribution is 2.27. The molecule has 1 heterocycles. The highest BCUT2D eigenvalue weighted by atomic mass is 16.1. The van der Waals surface area contributed by atoms with E-state index in [0.717, 1.165) is 28.8 Å². The van der Waals surface area contributed by atoms with E-state index in [4.69, 9.17) is 0 Å². The number of ketones is 1. The average molecular weight is 223 g/mol. The SMILES string of the molecule is Cc1ccc(-c2ccc3c(c2)CCC3=O)cn1. The van der Waals surface area contributed by atoms with E-state index < -0.39 is 0 Å². The lowest BCUT2D eigenvalue weighted by Crippen LogP contribution is -1.91. The monoisotopic (exact) mass is 223 g/mol. The predicted octanol–water partition coefficient (Wildman–Crippen LogP) is 3.19. The van der Waals surface area contributed by atoms with Crippen LogP contribution in [0.25, 0.3) is 11.1 Å². The summed E-state index contributed by atoms with van der Waals surface area (Å²) in [5, 5.41) is 0. The second-order valence-electron chi connectivity index (χ2n) is 4.48. The molecule has 0 spiro atoms. The summed E-state index contributed by atoms with van der Waals surface area (Å²) in [6.45, 7) is 1.98. The minimum Gasteiger partial charge on any atom is -0.294 e. The van der Waals surface area contributed by atoms with Gasteiger partial charge >= 0.3 is 0 Å². The number of pyridine rings is 1. The predicted molar refractivity (Wildman–Crippen MR) is 67.1 cm³/mol. The molecule has 0 saturated carbocycles. The van der Waals surface area contributed by atoms with Gasteiger partial charge in [-0.2, -0.15) is 0 Å². The van der Waals surface area contributed by atoms with E-state index >= 15 is 0 Å². The molecule has 2 heteroatoms. The van der Waals surface area contributed by atoms with Crippen molar-refractivity contribution in [3.63, 3.8) is 0 Å². The second kappa shape index (κ2) is 3.81. The molecule has 0 aliphatic heterocycles. The standard InChI is InChI=1S/C15H13NO/c1-10-2-3-13(9-16-10)11-4-6-14-12(8-11)5-7-15(14)17/h2-4,6,8-9H,5,7H2,1H3. The van der Waals surface area contributed by atoms with Gasteiger partial charge in [0.25, 0.3) is 0 Å². The molecule has 17 heavy (non-hydrogen) atoms. The van der Waals surface area contributed by atoms with Gasteiger partial charge in [0.05, 0.1) is 0 Å². The first-order valence-electron chi connectivity index (χ1n) is 5.83. The molecule has 0 N–H and O–H groups in total. The Kier molecular flexibility index (Phi) is 2.29. The average Bonchev–Trinajstić information content (AvgIpc) is 2.72. The molecule has 1 aromatic heterocycles. The molecule has 0 atom stereocenters. The van der Waals surface area contributed by atoms with Gasteiger partial charge in [-0.3, -0.25) is 9.78 Å². The zero-order valence-corrected chi connectivity index (χ0v) is 9.73. The summed E-state index contributed by atoms with van der Waals surface area (Å²) < 4.78 is 0. The fraction of sp³-hybridized carbons (Fsp3) is 0.200. The van der Waals surface area contributed by atoms with Crippen LogP contribution in [0, 0.1) is 6.92 Å². The maximum absolute atomic E-state index is 11.5. The summed E-state index contributed by atoms with van der Waals surface area (Å²) in [4.78, 5) is 15.8. The Morgan fingerprint density at radius 2 is 1.88 bits per heavy atom. The minimum absolute atomic E-state index is 0.272. The van der Waals surface area contributed by atoms with Crippen LogP contribution in [0.5, 0.6) is 0 Å². The topological polar surface area (TPSA) is 30.0 Å². The van der Waals surface area contributed by atoms with Crippen molar-refractivity contribution in [3.8, 4) is 11.1 Å². The van der Waals surface area contributed by atoms with Crippen LogP contribution in [0.1, 0.15) is 28.0 Å². The number of benzene rings is 1. The fourth-order valence-electron chi connectivity index (χ4n) is 2.27. The number of aryl methyl sites for hydroxylation is 2. The lowest BCUT2D eigenvalue weighted by Gasteiger charge is -2.04. The summed E-state index contributed by atoms with van der Waals surface area (Å²) in [5.74, 6) is 0.272. The van der Waals surface area contributed by atoms with Gasteiger partial charge in [0.15, 0.2) is 5.78 Å². The Hall–Kier alpha value is -1.96. The van der Waals surface area contributed by atoms with Gasteiger partial charge in [0.2, 0.25) is 0 Å². The van der Waals surface area contributed by atoms with Crippen LogP contribution in [0.4, 0.5) is 0 Å². The molecule has 1 aromatic carbocycles. The molecule has 1 aliphatic carbocycles. The van der Waals surface area contributed by atoms with Gasteiger partial charge in [0, 0.05) is 29.4 Å². The van der Waals surface area contributed by atoms with E-state index in [1.54, 1.807) is 0 Å². The summed E-state index contributed by atoms with van der Waals surface area (Å²) in [7, 11) is 0. The quantitative estimate of drug-likeness (QED) is 0.743. The van der Waals surface area contributed by atoms with Crippen LogP contribution in [0.2, 0.25) is 0 Å². The van der Waals surface area contributed by atoms with Crippen molar-refractivity contribution in [2.75, 3.05) is 0 Å². The van der Waals surface area contributed by atoms with Crippen LogP contribution in [-0.4, -0.2) is 10.8 Å². The molecule has 0 amide bonds. The van der Waals surface area contributed by atoms with Crippen molar-refractivity contribution < 1.29 is 4.79 Å². The largest absolute Gasteiger partial charge is 0.294 e. The Morgan fingerprint density at radius 1 is 1.06 bits per heavy atom. The Bertz CT molecular complexity index is 584. The fourth-order valence-corrected chi connectivity index (χ4v) is 2.27. The van der Waals surface area contributed by atoms with Crippen molar-refractivity contribution in [2.24, 2.45) is 0 Å². The van der Waals surface area contributed by atoms with E-state index in [-0.39, 0.29) is 5.78 Å². The van der Waals surface area contributed by atoms with Crippen LogP contribution >= 0.6 is 0 Å². The second-order valence-corrected chi connectivity index (χ2v) is 4.48. The highest BCUT2D eigenvalue weighted by molar-refractivity contribution is 6.00. The van der Waals surface area contributed by atoms with E-state index in [1.165, 1.54) is 5.56 Å². The molecule has 3 rings (SSSR count). The maximum atomic E-state index is 11.5. The lowest BCUT2D eigenvalue weighted by molar-refractivity contribution is 0.0994. The van der Waals surface area contributed by atoms with Crippen LogP contribution in [0.3, 0.4) is 0 Å². The third-order valence-corrected chi connectivity index (χ3v) is 3.27. The number of hydrogen-bond donors (Lipinski definition) is 0. The Morgan fingerprint density at radius 3 is 2.65 bits per heavy atom. The van der Waals surface area contributed by atoms with Gasteiger partial charge in [-0.25, -0.2) is 0 Å². The normalized spacial score (nSPS) is 13.8. The molecule has 0 fully saturated rings. The van der Waals surface area contributed by atoms with Gasteiger partial charge in [0.1, 0.15) is 0 Å². The van der Waals surface area contributed by atoms with E-state index in [1.807, 2.05) is 31.3 Å². The first kappa shape index (κ1) is 10.2. The third kappa shape index (κ3) is 1.76. The zero-order chi connectivity index (χ0) is 11.8. The Labute approximate surface area is 100 Å². The molecular weight excluding hydrogens is 210 g/mol. The zero-order valence-electron chi connectivity index (χ0n) is 9.73. The van der Waals surface area contributed by atoms with Gasteiger partial charge in [-0.05, 0) is 30.5 Å². The first-order valence-corrected chi connectivity index (χ1v) is 5.83. The summed E-state index contributed by atoms with van der Waals surface area (Å²) in [6, 6.07) is 10.1. The number of carbonyl (C=O) groups is 1. The van der Waals surface area contributed by atoms with Crippen LogP contribution in [0.15, 0.2) is 36.5 Å². The molecule has 2 nitrogen and oxygen atoms in total. The molecule has 1 aliphatic rings. The minimum atomic E-state index is 0.272. The van der Waals surface area contributed by atoms with Crippen molar-refractivity contribution in [2.45, 2.75) is 19.8 Å². The molecule has 0 unspecified atom stereocenters. The molecular formula is C15H13NO. The van der Waals surface area contributed by atoms with Crippen molar-refractivity contribution in [1.29, 1.82) is 0 Å². The van der Waals surface area contributed by atoms with Gasteiger partial charge < -0.3 is 0 Å². The maximum Gasteiger partial charge on any atom is 0.163 e. The van der Waals surface area contributed by atoms with E-state index in [0.29, 0.717) is 6.42 Å². The van der Waals surface area contributed by atoms with Crippen molar-refractivity contribution >= 4 is 5.78 Å². The molecule has 0 saturated heterocycles. The number of carbonyl (C=O) groups excluding carboxylic acids is 1. The van der Waals surface area contributed by atoms with Gasteiger partial charge in [-0.15, -0.1) is 0 Å². The molecule has 2 aromatic rings.